The molecule has 1 aromatic carbocycles. The van der Waals surface area contributed by atoms with E-state index in [1.807, 2.05) is 6.92 Å². The predicted molar refractivity (Wildman–Crippen MR) is 72.7 cm³/mol. The molecule has 0 atom stereocenters. The molecule has 3 nitrogen and oxygen atoms in total. The normalized spacial score (nSPS) is 17.4. The van der Waals surface area contributed by atoms with Gasteiger partial charge < -0.3 is 9.73 Å². The Morgan fingerprint density at radius 2 is 2.17 bits per heavy atom. The maximum Gasteiger partial charge on any atom is 0.192 e. The second kappa shape index (κ2) is 5.11. The number of hydrogen-bond donors (Lipinski definition) is 1. The van der Waals surface area contributed by atoms with Gasteiger partial charge >= 0.3 is 0 Å². The van der Waals surface area contributed by atoms with Crippen molar-refractivity contribution in [2.45, 2.75) is 32.6 Å². The number of fused-ring (bicyclic) bond motifs is 1. The summed E-state index contributed by atoms with van der Waals surface area (Å²) < 4.78 is 5.58. The van der Waals surface area contributed by atoms with E-state index in [2.05, 4.69) is 28.5 Å². The van der Waals surface area contributed by atoms with E-state index < -0.39 is 0 Å². The molecule has 0 saturated carbocycles. The van der Waals surface area contributed by atoms with Crippen LogP contribution in [0, 0.1) is 12.8 Å². The van der Waals surface area contributed by atoms with E-state index in [9.17, 15) is 0 Å². The molecule has 1 N–H and O–H groups in total. The first-order valence-corrected chi connectivity index (χ1v) is 6.88. The van der Waals surface area contributed by atoms with Gasteiger partial charge in [-0.15, -0.1) is 0 Å². The summed E-state index contributed by atoms with van der Waals surface area (Å²) in [7, 11) is 0. The molecule has 2 aromatic rings. The molecule has 0 unspecified atom stereocenters. The van der Waals surface area contributed by atoms with Crippen LogP contribution in [0.25, 0.3) is 11.1 Å². The van der Waals surface area contributed by atoms with Gasteiger partial charge in [0.1, 0.15) is 5.52 Å². The molecule has 3 rings (SSSR count). The molecular formula is C15H20N2O. The van der Waals surface area contributed by atoms with Gasteiger partial charge in [0, 0.05) is 6.92 Å². The van der Waals surface area contributed by atoms with Crippen LogP contribution in [-0.4, -0.2) is 18.1 Å². The van der Waals surface area contributed by atoms with Crippen LogP contribution >= 0.6 is 0 Å². The summed E-state index contributed by atoms with van der Waals surface area (Å²) in [5.41, 5.74) is 3.27. The number of oxazole rings is 1. The second-order valence-corrected chi connectivity index (χ2v) is 5.27. The standard InChI is InChI=1S/C15H20N2O/c1-11-17-14-5-4-13(10-15(14)18-11)3-2-12-6-8-16-9-7-12/h4-5,10,12,16H,2-3,6-9H2,1H3. The third-order valence-electron chi connectivity index (χ3n) is 3.86. The number of hydrogen-bond acceptors (Lipinski definition) is 3. The Morgan fingerprint density at radius 1 is 1.33 bits per heavy atom. The van der Waals surface area contributed by atoms with Crippen LogP contribution in [0.4, 0.5) is 0 Å². The molecular weight excluding hydrogens is 224 g/mol. The Kier molecular flexibility index (Phi) is 3.33. The molecule has 1 saturated heterocycles. The van der Waals surface area contributed by atoms with Gasteiger partial charge in [-0.05, 0) is 62.4 Å². The lowest BCUT2D eigenvalue weighted by Crippen LogP contribution is -2.27. The van der Waals surface area contributed by atoms with E-state index in [0.29, 0.717) is 0 Å². The average molecular weight is 244 g/mol. The highest BCUT2D eigenvalue weighted by molar-refractivity contribution is 5.73. The summed E-state index contributed by atoms with van der Waals surface area (Å²) in [4.78, 5) is 4.33. The van der Waals surface area contributed by atoms with Gasteiger partial charge in [-0.25, -0.2) is 4.98 Å². The lowest BCUT2D eigenvalue weighted by Gasteiger charge is -2.22. The van der Waals surface area contributed by atoms with Gasteiger partial charge in [0.25, 0.3) is 0 Å². The first kappa shape index (κ1) is 11.7. The van der Waals surface area contributed by atoms with Gasteiger partial charge in [0.15, 0.2) is 11.5 Å². The molecule has 0 aliphatic carbocycles. The lowest BCUT2D eigenvalue weighted by atomic mass is 9.91. The van der Waals surface area contributed by atoms with Crippen LogP contribution in [0.2, 0.25) is 0 Å². The molecule has 2 heterocycles. The fraction of sp³-hybridized carbons (Fsp3) is 0.533. The van der Waals surface area contributed by atoms with Gasteiger partial charge in [-0.3, -0.25) is 0 Å². The van der Waals surface area contributed by atoms with Gasteiger partial charge in [-0.2, -0.15) is 0 Å². The lowest BCUT2D eigenvalue weighted by molar-refractivity contribution is 0.354. The van der Waals surface area contributed by atoms with Crippen molar-refractivity contribution in [3.8, 4) is 0 Å². The minimum absolute atomic E-state index is 0.750. The quantitative estimate of drug-likeness (QED) is 0.901. The Balaban J connectivity index is 1.66. The third kappa shape index (κ3) is 2.56. The molecule has 96 valence electrons. The monoisotopic (exact) mass is 244 g/mol. The fourth-order valence-corrected chi connectivity index (χ4v) is 2.78. The van der Waals surface area contributed by atoms with Crippen molar-refractivity contribution in [3.63, 3.8) is 0 Å². The Bertz CT molecular complexity index is 526. The second-order valence-electron chi connectivity index (χ2n) is 5.27. The third-order valence-corrected chi connectivity index (χ3v) is 3.86. The Labute approximate surface area is 108 Å². The van der Waals surface area contributed by atoms with E-state index >= 15 is 0 Å². The number of piperidine rings is 1. The van der Waals surface area contributed by atoms with Gasteiger partial charge in [-0.1, -0.05) is 6.07 Å². The summed E-state index contributed by atoms with van der Waals surface area (Å²) in [6.45, 7) is 4.27. The van der Waals surface area contributed by atoms with Crippen LogP contribution in [0.15, 0.2) is 22.6 Å². The van der Waals surface area contributed by atoms with E-state index in [1.165, 1.54) is 37.9 Å². The van der Waals surface area contributed by atoms with E-state index in [1.54, 1.807) is 0 Å². The molecule has 0 amide bonds. The summed E-state index contributed by atoms with van der Waals surface area (Å²) in [5.74, 6) is 1.64. The minimum atomic E-state index is 0.750. The SMILES string of the molecule is Cc1nc2ccc(CCC3CCNCC3)cc2o1. The highest BCUT2D eigenvalue weighted by Gasteiger charge is 2.13. The summed E-state index contributed by atoms with van der Waals surface area (Å²) in [5, 5.41) is 3.42. The van der Waals surface area contributed by atoms with Crippen molar-refractivity contribution in [3.05, 3.63) is 29.7 Å². The average Bonchev–Trinajstić information content (AvgIpc) is 2.77. The maximum atomic E-state index is 5.58. The molecule has 0 radical (unpaired) electrons. The van der Waals surface area contributed by atoms with Crippen molar-refractivity contribution in [1.82, 2.24) is 10.3 Å². The van der Waals surface area contributed by atoms with Crippen LogP contribution in [0.3, 0.4) is 0 Å². The van der Waals surface area contributed by atoms with Gasteiger partial charge in [0.05, 0.1) is 0 Å². The van der Waals surface area contributed by atoms with Gasteiger partial charge in [0.2, 0.25) is 0 Å². The molecule has 1 aliphatic heterocycles. The summed E-state index contributed by atoms with van der Waals surface area (Å²) in [6.07, 6.45) is 5.09. The zero-order valence-electron chi connectivity index (χ0n) is 10.9. The van der Waals surface area contributed by atoms with Crippen molar-refractivity contribution in [2.24, 2.45) is 5.92 Å². The summed E-state index contributed by atoms with van der Waals surface area (Å²) >= 11 is 0. The van der Waals surface area contributed by atoms with Crippen LogP contribution in [-0.2, 0) is 6.42 Å². The first-order valence-electron chi connectivity index (χ1n) is 6.88. The minimum Gasteiger partial charge on any atom is -0.441 e. The first-order chi connectivity index (χ1) is 8.81. The molecule has 3 heteroatoms. The number of rotatable bonds is 3. The number of benzene rings is 1. The highest BCUT2D eigenvalue weighted by atomic mass is 16.3. The molecule has 18 heavy (non-hydrogen) atoms. The van der Waals surface area contributed by atoms with Crippen LogP contribution in [0.5, 0.6) is 0 Å². The van der Waals surface area contributed by atoms with E-state index in [4.69, 9.17) is 4.42 Å². The highest BCUT2D eigenvalue weighted by Crippen LogP contribution is 2.21. The zero-order valence-corrected chi connectivity index (χ0v) is 10.9. The number of aryl methyl sites for hydroxylation is 2. The van der Waals surface area contributed by atoms with Crippen molar-refractivity contribution in [2.75, 3.05) is 13.1 Å². The Morgan fingerprint density at radius 3 is 3.00 bits per heavy atom. The van der Waals surface area contributed by atoms with E-state index in [-0.39, 0.29) is 0 Å². The number of nitrogens with zero attached hydrogens (tertiary/aromatic N) is 1. The van der Waals surface area contributed by atoms with E-state index in [0.717, 1.165) is 29.3 Å². The number of nitrogens with one attached hydrogen (secondary N) is 1. The maximum absolute atomic E-state index is 5.58. The van der Waals surface area contributed by atoms with Crippen molar-refractivity contribution in [1.29, 1.82) is 0 Å². The molecule has 0 spiro atoms. The smallest absolute Gasteiger partial charge is 0.192 e. The molecule has 1 aliphatic rings. The molecule has 1 aromatic heterocycles. The van der Waals surface area contributed by atoms with Crippen molar-refractivity contribution < 1.29 is 4.42 Å². The summed E-state index contributed by atoms with van der Waals surface area (Å²) in [6, 6.07) is 6.41. The zero-order chi connectivity index (χ0) is 12.4. The largest absolute Gasteiger partial charge is 0.441 e. The topological polar surface area (TPSA) is 38.1 Å². The number of aromatic nitrogens is 1. The molecule has 1 fully saturated rings. The fourth-order valence-electron chi connectivity index (χ4n) is 2.78. The molecule has 0 bridgehead atoms. The Hall–Kier alpha value is -1.35. The van der Waals surface area contributed by atoms with Crippen LogP contribution < -0.4 is 5.32 Å². The van der Waals surface area contributed by atoms with Crippen LogP contribution in [0.1, 0.15) is 30.7 Å². The van der Waals surface area contributed by atoms with Crippen molar-refractivity contribution >= 4 is 11.1 Å². The predicted octanol–water partition coefficient (Wildman–Crippen LogP) is 3.07.